The number of ether oxygens (including phenoxy) is 3. The smallest absolute Gasteiger partial charge is 0.243 e. The van der Waals surface area contributed by atoms with Crippen molar-refractivity contribution in [3.8, 4) is 22.8 Å². The molecular weight excluding hydrogens is 534 g/mol. The van der Waals surface area contributed by atoms with Gasteiger partial charge in [-0.2, -0.15) is 0 Å². The summed E-state index contributed by atoms with van der Waals surface area (Å²) in [5.74, 6) is -1.85. The van der Waals surface area contributed by atoms with E-state index in [1.54, 1.807) is 6.20 Å². The van der Waals surface area contributed by atoms with Gasteiger partial charge in [0, 0.05) is 30.3 Å². The maximum Gasteiger partial charge on any atom is 0.243 e. The average molecular weight is 571 g/mol. The molecule has 0 bridgehead atoms. The molecule has 0 aliphatic carbocycles. The van der Waals surface area contributed by atoms with E-state index >= 15 is 8.78 Å². The number of nitrogens with zero attached hydrogens (tertiary/aromatic N) is 3. The Labute approximate surface area is 237 Å². The fourth-order valence-electron chi connectivity index (χ4n) is 4.33. The summed E-state index contributed by atoms with van der Waals surface area (Å²) in [5.41, 5.74) is -0.104. The largest absolute Gasteiger partial charge is 0.494 e. The molecule has 12 heteroatoms. The molecule has 2 aromatic heterocycles. The predicted octanol–water partition coefficient (Wildman–Crippen LogP) is 4.71. The molecule has 1 unspecified atom stereocenters. The van der Waals surface area contributed by atoms with Gasteiger partial charge in [0.2, 0.25) is 11.9 Å². The van der Waals surface area contributed by atoms with Crippen LogP contribution in [-0.2, 0) is 9.53 Å². The van der Waals surface area contributed by atoms with Crippen LogP contribution < -0.4 is 25.4 Å². The second-order valence-electron chi connectivity index (χ2n) is 10.9. The molecule has 1 fully saturated rings. The molecule has 0 saturated carbocycles. The number of rotatable bonds is 9. The molecular formula is C29H36F2N6O4. The Balaban J connectivity index is 1.82. The van der Waals surface area contributed by atoms with E-state index in [0.29, 0.717) is 36.4 Å². The van der Waals surface area contributed by atoms with Crippen molar-refractivity contribution >= 4 is 28.6 Å². The number of hydrogen-bond acceptors (Lipinski definition) is 9. The number of carbonyl (C=O) groups is 1. The van der Waals surface area contributed by atoms with Crippen molar-refractivity contribution in [2.24, 2.45) is 5.41 Å². The van der Waals surface area contributed by atoms with Crippen molar-refractivity contribution in [1.82, 2.24) is 20.3 Å². The fourth-order valence-corrected chi connectivity index (χ4v) is 4.33. The number of halogens is 2. The van der Waals surface area contributed by atoms with Gasteiger partial charge in [0.25, 0.3) is 0 Å². The van der Waals surface area contributed by atoms with Gasteiger partial charge in [0.05, 0.1) is 44.2 Å². The second kappa shape index (κ2) is 12.2. The third-order valence-corrected chi connectivity index (χ3v) is 7.23. The van der Waals surface area contributed by atoms with E-state index in [-0.39, 0.29) is 52.6 Å². The Hall–Kier alpha value is -4.06. The molecule has 0 spiro atoms. The second-order valence-corrected chi connectivity index (χ2v) is 10.9. The molecule has 3 aromatic rings. The van der Waals surface area contributed by atoms with Crippen molar-refractivity contribution in [3.63, 3.8) is 0 Å². The number of fused-ring (bicyclic) bond motifs is 1. The van der Waals surface area contributed by atoms with E-state index in [4.69, 9.17) is 19.2 Å². The standard InChI is InChI=1S/C29H36F2N6O4/c1-8-22(38)34-17-9-10-41-14-19(17)36-28-32-13-16-11-18(23-24(30)20(39-6)12-21(40-7)25(23)31)35-27(26(16)37-28)33-15(2)29(3,4)5/h8,11-13,15,17,19H,1,9-10,14H2,2-7H3,(H,33,35)(H,34,38)(H,32,36,37)/t15?,17-,19+/m0/s1. The summed E-state index contributed by atoms with van der Waals surface area (Å²) >= 11 is 0. The molecule has 3 atom stereocenters. The van der Waals surface area contributed by atoms with Crippen molar-refractivity contribution in [2.75, 3.05) is 38.1 Å². The van der Waals surface area contributed by atoms with Gasteiger partial charge in [-0.25, -0.2) is 23.7 Å². The third-order valence-electron chi connectivity index (χ3n) is 7.23. The minimum absolute atomic E-state index is 0.0190. The normalized spacial score (nSPS) is 18.0. The van der Waals surface area contributed by atoms with Crippen LogP contribution in [0.5, 0.6) is 11.5 Å². The molecule has 0 radical (unpaired) electrons. The van der Waals surface area contributed by atoms with E-state index in [1.807, 2.05) is 6.92 Å². The Kier molecular flexibility index (Phi) is 8.91. The summed E-state index contributed by atoms with van der Waals surface area (Å²) in [4.78, 5) is 25.7. The van der Waals surface area contributed by atoms with Crippen LogP contribution in [0, 0.1) is 17.0 Å². The molecule has 3 N–H and O–H groups in total. The maximum atomic E-state index is 15.4. The van der Waals surface area contributed by atoms with Gasteiger partial charge in [-0.15, -0.1) is 0 Å². The Morgan fingerprint density at radius 1 is 1.15 bits per heavy atom. The highest BCUT2D eigenvalue weighted by Gasteiger charge is 2.29. The molecule has 1 saturated heterocycles. The molecule has 3 heterocycles. The van der Waals surface area contributed by atoms with Crippen molar-refractivity contribution < 1.29 is 27.8 Å². The van der Waals surface area contributed by atoms with Gasteiger partial charge in [0.1, 0.15) is 5.52 Å². The molecule has 1 aromatic carbocycles. The van der Waals surface area contributed by atoms with E-state index in [2.05, 4.69) is 53.3 Å². The number of hydrogen-bond donors (Lipinski definition) is 3. The van der Waals surface area contributed by atoms with Crippen LogP contribution in [0.1, 0.15) is 34.1 Å². The zero-order valence-corrected chi connectivity index (χ0v) is 24.1. The molecule has 41 heavy (non-hydrogen) atoms. The molecule has 1 aliphatic rings. The third kappa shape index (κ3) is 6.48. The summed E-state index contributed by atoms with van der Waals surface area (Å²) in [6.07, 6.45) is 3.38. The van der Waals surface area contributed by atoms with E-state index in [0.717, 1.165) is 6.07 Å². The van der Waals surface area contributed by atoms with E-state index in [9.17, 15) is 4.79 Å². The van der Waals surface area contributed by atoms with Crippen LogP contribution in [0.15, 0.2) is 31.0 Å². The number of nitrogens with one attached hydrogen (secondary N) is 3. The molecule has 10 nitrogen and oxygen atoms in total. The van der Waals surface area contributed by atoms with Crippen molar-refractivity contribution in [1.29, 1.82) is 0 Å². The van der Waals surface area contributed by atoms with Crippen molar-refractivity contribution in [2.45, 2.75) is 52.2 Å². The quantitative estimate of drug-likeness (QED) is 0.314. The molecule has 4 rings (SSSR count). The van der Waals surface area contributed by atoms with Crippen LogP contribution in [0.2, 0.25) is 0 Å². The lowest BCUT2D eigenvalue weighted by Crippen LogP contribution is -2.52. The summed E-state index contributed by atoms with van der Waals surface area (Å²) in [6, 6.07) is 2.05. The highest BCUT2D eigenvalue weighted by atomic mass is 19.1. The number of amides is 1. The number of pyridine rings is 1. The van der Waals surface area contributed by atoms with Gasteiger partial charge < -0.3 is 30.2 Å². The zero-order chi connectivity index (χ0) is 29.9. The Morgan fingerprint density at radius 3 is 2.44 bits per heavy atom. The summed E-state index contributed by atoms with van der Waals surface area (Å²) in [6.45, 7) is 12.5. The maximum absolute atomic E-state index is 15.4. The lowest BCUT2D eigenvalue weighted by atomic mass is 9.88. The van der Waals surface area contributed by atoms with Gasteiger partial charge in [0.15, 0.2) is 29.0 Å². The minimum atomic E-state index is -0.906. The van der Waals surface area contributed by atoms with Gasteiger partial charge in [-0.1, -0.05) is 27.4 Å². The van der Waals surface area contributed by atoms with E-state index in [1.165, 1.54) is 26.4 Å². The van der Waals surface area contributed by atoms with Crippen LogP contribution in [-0.4, -0.2) is 66.4 Å². The van der Waals surface area contributed by atoms with E-state index < -0.39 is 17.2 Å². The lowest BCUT2D eigenvalue weighted by Gasteiger charge is -2.32. The van der Waals surface area contributed by atoms with Crippen molar-refractivity contribution in [3.05, 3.63) is 42.6 Å². The number of anilines is 2. The number of benzene rings is 1. The number of carbonyl (C=O) groups excluding carboxylic acids is 1. The SMILES string of the molecule is C=CC(=O)N[C@H]1CCOC[C@H]1Nc1ncc2cc(-c3c(F)c(OC)cc(OC)c3F)nc(NC(C)C(C)(C)C)c2n1. The molecule has 220 valence electrons. The number of aromatic nitrogens is 3. The summed E-state index contributed by atoms with van der Waals surface area (Å²) in [7, 11) is 2.58. The Bertz CT molecular complexity index is 1420. The van der Waals surface area contributed by atoms with Gasteiger partial charge in [-0.05, 0) is 30.9 Å². The van der Waals surface area contributed by atoms with Gasteiger partial charge in [-0.3, -0.25) is 4.79 Å². The first-order valence-corrected chi connectivity index (χ1v) is 13.3. The molecule has 1 amide bonds. The van der Waals surface area contributed by atoms with Crippen LogP contribution in [0.25, 0.3) is 22.2 Å². The van der Waals surface area contributed by atoms with Crippen LogP contribution in [0.3, 0.4) is 0 Å². The lowest BCUT2D eigenvalue weighted by molar-refractivity contribution is -0.117. The van der Waals surface area contributed by atoms with Gasteiger partial charge >= 0.3 is 0 Å². The topological polar surface area (TPSA) is 120 Å². The predicted molar refractivity (Wildman–Crippen MR) is 153 cm³/mol. The minimum Gasteiger partial charge on any atom is -0.494 e. The fraction of sp³-hybridized carbons (Fsp3) is 0.448. The highest BCUT2D eigenvalue weighted by Crippen LogP contribution is 2.39. The van der Waals surface area contributed by atoms with Crippen LogP contribution in [0.4, 0.5) is 20.5 Å². The Morgan fingerprint density at radius 2 is 1.83 bits per heavy atom. The molecule has 1 aliphatic heterocycles. The first kappa shape index (κ1) is 29.9. The summed E-state index contributed by atoms with van der Waals surface area (Å²) < 4.78 is 46.7. The first-order chi connectivity index (χ1) is 19.5. The van der Waals surface area contributed by atoms with Crippen LogP contribution >= 0.6 is 0 Å². The zero-order valence-electron chi connectivity index (χ0n) is 24.1. The monoisotopic (exact) mass is 570 g/mol. The highest BCUT2D eigenvalue weighted by molar-refractivity contribution is 5.92. The first-order valence-electron chi connectivity index (χ1n) is 13.3. The number of methoxy groups -OCH3 is 2. The average Bonchev–Trinajstić information content (AvgIpc) is 2.94. The summed E-state index contributed by atoms with van der Waals surface area (Å²) in [5, 5.41) is 10.0.